The third-order valence-corrected chi connectivity index (χ3v) is 1.81. The number of hydrogen-bond acceptors (Lipinski definition) is 4. The molecule has 1 unspecified atom stereocenters. The van der Waals surface area contributed by atoms with Crippen LogP contribution in [-0.4, -0.2) is 27.3 Å². The Labute approximate surface area is 110 Å². The van der Waals surface area contributed by atoms with E-state index in [4.69, 9.17) is 21.1 Å². The molecule has 0 aliphatic carbocycles. The molecular formula is C9H12NNaO4. The summed E-state index contributed by atoms with van der Waals surface area (Å²) in [4.78, 5) is 10.4. The van der Waals surface area contributed by atoms with E-state index >= 15 is 0 Å². The number of carbonyl (C=O) groups is 1. The second-order valence-electron chi connectivity index (χ2n) is 2.97. The van der Waals surface area contributed by atoms with Crippen LogP contribution in [0.1, 0.15) is 6.99 Å². The second-order valence-corrected chi connectivity index (χ2v) is 2.97. The van der Waals surface area contributed by atoms with Gasteiger partial charge in [0, 0.05) is 0 Å². The van der Waals surface area contributed by atoms with Crippen LogP contribution in [0.3, 0.4) is 0 Å². The first-order chi connectivity index (χ1) is 6.50. The van der Waals surface area contributed by atoms with E-state index in [0.717, 1.165) is 0 Å². The maximum atomic E-state index is 10.4. The summed E-state index contributed by atoms with van der Waals surface area (Å²) in [5.74, 6) is -1.62. The molecule has 0 aliphatic rings. The second kappa shape index (κ2) is 5.97. The minimum Gasteiger partial charge on any atom is -1.00 e. The summed E-state index contributed by atoms with van der Waals surface area (Å²) in [5.41, 5.74) is 5.86. The largest absolute Gasteiger partial charge is 1.00 e. The number of hydrogen-bond donors (Lipinski definition) is 4. The van der Waals surface area contributed by atoms with Crippen molar-refractivity contribution in [2.75, 3.05) is 0 Å². The quantitative estimate of drug-likeness (QED) is 0.325. The third kappa shape index (κ3) is 4.09. The third-order valence-electron chi connectivity index (χ3n) is 1.81. The Morgan fingerprint density at radius 2 is 2.00 bits per heavy atom. The minimum absolute atomic E-state index is 0. The summed E-state index contributed by atoms with van der Waals surface area (Å²) < 4.78 is 0. The zero-order valence-corrected chi connectivity index (χ0v) is 10.3. The van der Waals surface area contributed by atoms with Gasteiger partial charge in [0.1, 0.15) is 6.04 Å². The normalized spacial score (nSPS) is 11.5. The van der Waals surface area contributed by atoms with E-state index in [2.05, 4.69) is 0 Å². The van der Waals surface area contributed by atoms with E-state index in [-0.39, 0.29) is 48.9 Å². The Morgan fingerprint density at radius 3 is 2.47 bits per heavy atom. The maximum absolute atomic E-state index is 10.4. The van der Waals surface area contributed by atoms with Crippen molar-refractivity contribution in [3.05, 3.63) is 23.8 Å². The van der Waals surface area contributed by atoms with Gasteiger partial charge in [-0.1, -0.05) is 6.07 Å². The Hall–Kier alpha value is -0.750. The SMILES string of the molecule is NC(Cc1ccc(O)c(O)c1)C(=O)O.[H-].[Na+]. The molecule has 0 saturated heterocycles. The van der Waals surface area contributed by atoms with Crippen molar-refractivity contribution in [2.45, 2.75) is 12.5 Å². The average molecular weight is 221 g/mol. The van der Waals surface area contributed by atoms with Gasteiger partial charge in [-0.2, -0.15) is 0 Å². The first-order valence-electron chi connectivity index (χ1n) is 4.00. The van der Waals surface area contributed by atoms with E-state index in [1.165, 1.54) is 18.2 Å². The van der Waals surface area contributed by atoms with Gasteiger partial charge in [0.05, 0.1) is 0 Å². The molecule has 5 nitrogen and oxygen atoms in total. The van der Waals surface area contributed by atoms with Gasteiger partial charge in [-0.05, 0) is 24.1 Å². The Morgan fingerprint density at radius 1 is 1.40 bits per heavy atom. The molecule has 0 aliphatic heterocycles. The van der Waals surface area contributed by atoms with Crippen LogP contribution in [0.5, 0.6) is 11.5 Å². The fourth-order valence-corrected chi connectivity index (χ4v) is 1.04. The Bertz CT molecular complexity index is 361. The molecule has 6 heteroatoms. The van der Waals surface area contributed by atoms with Gasteiger partial charge in [-0.3, -0.25) is 4.79 Å². The van der Waals surface area contributed by atoms with Crippen molar-refractivity contribution in [1.82, 2.24) is 0 Å². The van der Waals surface area contributed by atoms with Crippen LogP contribution in [-0.2, 0) is 11.2 Å². The minimum atomic E-state index is -1.10. The number of aromatic hydroxyl groups is 2. The first-order valence-corrected chi connectivity index (χ1v) is 4.00. The van der Waals surface area contributed by atoms with Crippen molar-refractivity contribution in [3.63, 3.8) is 0 Å². The van der Waals surface area contributed by atoms with Crippen LogP contribution in [0.4, 0.5) is 0 Å². The Balaban J connectivity index is 0. The molecule has 0 fully saturated rings. The molecule has 5 N–H and O–H groups in total. The summed E-state index contributed by atoms with van der Waals surface area (Å²) in [6.07, 6.45) is 0.114. The van der Waals surface area contributed by atoms with Gasteiger partial charge in [0.25, 0.3) is 0 Å². The first kappa shape index (κ1) is 14.2. The monoisotopic (exact) mass is 221 g/mol. The van der Waals surface area contributed by atoms with E-state index in [0.29, 0.717) is 5.56 Å². The number of carboxylic acids is 1. The molecule has 0 aromatic heterocycles. The summed E-state index contributed by atoms with van der Waals surface area (Å²) >= 11 is 0. The van der Waals surface area contributed by atoms with Crippen LogP contribution >= 0.6 is 0 Å². The fraction of sp³-hybridized carbons (Fsp3) is 0.222. The predicted molar refractivity (Wildman–Crippen MR) is 50.2 cm³/mol. The number of benzene rings is 1. The van der Waals surface area contributed by atoms with Gasteiger partial charge in [-0.15, -0.1) is 0 Å². The fourth-order valence-electron chi connectivity index (χ4n) is 1.04. The number of nitrogens with two attached hydrogens (primary N) is 1. The molecule has 0 spiro atoms. The van der Waals surface area contributed by atoms with E-state index < -0.39 is 12.0 Å². The molecule has 1 rings (SSSR count). The smallest absolute Gasteiger partial charge is 1.00 e. The van der Waals surface area contributed by atoms with Crippen LogP contribution < -0.4 is 35.3 Å². The zero-order chi connectivity index (χ0) is 10.7. The predicted octanol–water partition coefficient (Wildman–Crippen LogP) is -2.83. The molecule has 1 aromatic carbocycles. The van der Waals surface area contributed by atoms with Crippen LogP contribution in [0, 0.1) is 0 Å². The van der Waals surface area contributed by atoms with Crippen LogP contribution in [0.15, 0.2) is 18.2 Å². The molecule has 1 atom stereocenters. The summed E-state index contributed by atoms with van der Waals surface area (Å²) in [6, 6.07) is 3.09. The molecule has 0 saturated carbocycles. The molecule has 0 radical (unpaired) electrons. The van der Waals surface area contributed by atoms with E-state index in [9.17, 15) is 4.79 Å². The van der Waals surface area contributed by atoms with Crippen molar-refractivity contribution < 1.29 is 51.1 Å². The van der Waals surface area contributed by atoms with E-state index in [1.807, 2.05) is 0 Å². The number of carboxylic acid groups (broad SMARTS) is 1. The number of aliphatic carboxylic acids is 1. The zero-order valence-electron chi connectivity index (χ0n) is 9.34. The standard InChI is InChI=1S/C9H11NO4.Na.H/c10-6(9(13)14)3-5-1-2-7(11)8(12)4-5;;/h1-2,4,6,11-12H,3,10H2,(H,13,14);;/q;+1;-1. The van der Waals surface area contributed by atoms with Gasteiger partial charge in [0.15, 0.2) is 11.5 Å². The Kier molecular flexibility index (Phi) is 5.67. The summed E-state index contributed by atoms with van der Waals surface area (Å²) in [6.45, 7) is 0. The number of rotatable bonds is 3. The number of phenols is 2. The van der Waals surface area contributed by atoms with Crippen molar-refractivity contribution in [1.29, 1.82) is 0 Å². The molecule has 0 bridgehead atoms. The van der Waals surface area contributed by atoms with E-state index in [1.54, 1.807) is 0 Å². The molecule has 78 valence electrons. The maximum Gasteiger partial charge on any atom is 1.00 e. The van der Waals surface area contributed by atoms with Crippen molar-refractivity contribution in [3.8, 4) is 11.5 Å². The molecular weight excluding hydrogens is 209 g/mol. The van der Waals surface area contributed by atoms with Crippen LogP contribution in [0.25, 0.3) is 0 Å². The topological polar surface area (TPSA) is 104 Å². The summed E-state index contributed by atoms with van der Waals surface area (Å²) in [5, 5.41) is 26.6. The van der Waals surface area contributed by atoms with Gasteiger partial charge >= 0.3 is 35.5 Å². The number of phenolic OH excluding ortho intramolecular Hbond substituents is 2. The van der Waals surface area contributed by atoms with Crippen LogP contribution in [0.2, 0.25) is 0 Å². The van der Waals surface area contributed by atoms with Gasteiger partial charge in [0.2, 0.25) is 0 Å². The van der Waals surface area contributed by atoms with Gasteiger partial charge < -0.3 is 22.5 Å². The van der Waals surface area contributed by atoms with Gasteiger partial charge in [-0.25, -0.2) is 0 Å². The molecule has 1 aromatic rings. The van der Waals surface area contributed by atoms with Crippen molar-refractivity contribution in [2.24, 2.45) is 5.73 Å². The molecule has 15 heavy (non-hydrogen) atoms. The molecule has 0 amide bonds. The van der Waals surface area contributed by atoms with Crippen molar-refractivity contribution >= 4 is 5.97 Å². The molecule has 0 heterocycles. The summed E-state index contributed by atoms with van der Waals surface area (Å²) in [7, 11) is 0. The average Bonchev–Trinajstić information content (AvgIpc) is 2.11.